The number of hydrogen-bond donors (Lipinski definition) is 1. The highest BCUT2D eigenvalue weighted by Gasteiger charge is 2.29. The van der Waals surface area contributed by atoms with E-state index in [4.69, 9.17) is 9.47 Å². The van der Waals surface area contributed by atoms with Crippen LogP contribution in [0.5, 0.6) is 0 Å². The van der Waals surface area contributed by atoms with Crippen molar-refractivity contribution < 1.29 is 19.1 Å². The lowest BCUT2D eigenvalue weighted by Crippen LogP contribution is -2.19. The summed E-state index contributed by atoms with van der Waals surface area (Å²) in [5.41, 5.74) is 0.775. The van der Waals surface area contributed by atoms with Crippen LogP contribution >= 0.6 is 11.3 Å². The Kier molecular flexibility index (Phi) is 6.29. The number of ether oxygens (including phenoxy) is 2. The van der Waals surface area contributed by atoms with Crippen LogP contribution in [-0.4, -0.2) is 23.7 Å². The molecule has 1 heterocycles. The fraction of sp³-hybridized carbons (Fsp3) is 0.722. The molecule has 1 saturated carbocycles. The fourth-order valence-corrected chi connectivity index (χ4v) is 4.71. The number of anilines is 1. The molecule has 0 saturated heterocycles. The quantitative estimate of drug-likeness (QED) is 0.771. The predicted octanol–water partition coefficient (Wildman–Crippen LogP) is 4.60. The van der Waals surface area contributed by atoms with E-state index in [2.05, 4.69) is 10.3 Å². The number of fused-ring (bicyclic) bond motifs is 1. The van der Waals surface area contributed by atoms with E-state index in [9.17, 15) is 9.59 Å². The van der Waals surface area contributed by atoms with Crippen LogP contribution in [-0.2, 0) is 20.7 Å². The lowest BCUT2D eigenvalue weighted by molar-refractivity contribution is -0.117. The van der Waals surface area contributed by atoms with Gasteiger partial charge in [0.05, 0.1) is 12.3 Å². The third kappa shape index (κ3) is 4.93. The lowest BCUT2D eigenvalue weighted by atomic mass is 9.87. The molecule has 1 fully saturated rings. The molecule has 2 aliphatic rings. The van der Waals surface area contributed by atoms with Gasteiger partial charge in [-0.1, -0.05) is 19.3 Å². The summed E-state index contributed by atoms with van der Waals surface area (Å²) in [6.45, 7) is 2.04. The molecule has 1 N–H and O–H groups in total. The standard InChI is InChI=1S/C18H26N2O4S/c1-2-23-18(22)24-13-9-6-10-14-16(13)20-17(25-14)19-15(21)11-12-7-4-3-5-8-12/h12-13H,2-11H2,1H3,(H,19,20,21). The number of carbonyl (C=O) groups is 2. The van der Waals surface area contributed by atoms with Crippen molar-refractivity contribution in [2.24, 2.45) is 5.92 Å². The van der Waals surface area contributed by atoms with Crippen LogP contribution in [0.1, 0.15) is 75.0 Å². The maximum atomic E-state index is 12.3. The molecule has 1 unspecified atom stereocenters. The van der Waals surface area contributed by atoms with Gasteiger partial charge >= 0.3 is 6.16 Å². The minimum atomic E-state index is -0.656. The van der Waals surface area contributed by atoms with Crippen LogP contribution in [0.15, 0.2) is 0 Å². The summed E-state index contributed by atoms with van der Waals surface area (Å²) < 4.78 is 10.2. The second-order valence-electron chi connectivity index (χ2n) is 6.77. The van der Waals surface area contributed by atoms with E-state index < -0.39 is 6.16 Å². The van der Waals surface area contributed by atoms with Gasteiger partial charge in [-0.25, -0.2) is 9.78 Å². The lowest BCUT2D eigenvalue weighted by Gasteiger charge is -2.20. The van der Waals surface area contributed by atoms with E-state index in [0.717, 1.165) is 42.7 Å². The Hall–Kier alpha value is -1.63. The number of aromatic nitrogens is 1. The van der Waals surface area contributed by atoms with Crippen LogP contribution < -0.4 is 5.32 Å². The van der Waals surface area contributed by atoms with Gasteiger partial charge in [0.25, 0.3) is 0 Å². The van der Waals surface area contributed by atoms with Crippen LogP contribution in [0.3, 0.4) is 0 Å². The van der Waals surface area contributed by atoms with Gasteiger partial charge in [-0.2, -0.15) is 0 Å². The summed E-state index contributed by atoms with van der Waals surface area (Å²) in [6, 6.07) is 0. The second kappa shape index (κ2) is 8.65. The van der Waals surface area contributed by atoms with Crippen LogP contribution in [0, 0.1) is 5.92 Å². The molecule has 1 amide bonds. The third-order valence-electron chi connectivity index (χ3n) is 4.85. The molecular formula is C18H26N2O4S. The molecule has 1 aromatic heterocycles. The number of nitrogens with zero attached hydrogens (tertiary/aromatic N) is 1. The SMILES string of the molecule is CCOC(=O)OC1CCCc2sc(NC(=O)CC3CCCCC3)nc21. The Labute approximate surface area is 152 Å². The molecule has 1 aromatic rings. The molecule has 3 rings (SSSR count). The minimum absolute atomic E-state index is 0.0425. The van der Waals surface area contributed by atoms with Crippen molar-refractivity contribution in [1.29, 1.82) is 0 Å². The van der Waals surface area contributed by atoms with Crippen LogP contribution in [0.4, 0.5) is 9.93 Å². The molecule has 7 heteroatoms. The molecule has 1 atom stereocenters. The molecule has 0 bridgehead atoms. The number of nitrogens with one attached hydrogen (secondary N) is 1. The van der Waals surface area contributed by atoms with Crippen LogP contribution in [0.25, 0.3) is 0 Å². The average molecular weight is 366 g/mol. The minimum Gasteiger partial charge on any atom is -0.435 e. The van der Waals surface area contributed by atoms with E-state index >= 15 is 0 Å². The van der Waals surface area contributed by atoms with Crippen molar-refractivity contribution in [2.75, 3.05) is 11.9 Å². The van der Waals surface area contributed by atoms with E-state index in [1.54, 1.807) is 6.92 Å². The van der Waals surface area contributed by atoms with Crippen molar-refractivity contribution >= 4 is 28.5 Å². The van der Waals surface area contributed by atoms with Gasteiger partial charge in [0.2, 0.25) is 5.91 Å². The van der Waals surface area contributed by atoms with Gasteiger partial charge in [0.15, 0.2) is 5.13 Å². The van der Waals surface area contributed by atoms with Gasteiger partial charge in [-0.15, -0.1) is 11.3 Å². The van der Waals surface area contributed by atoms with E-state index in [-0.39, 0.29) is 18.6 Å². The molecule has 2 aliphatic carbocycles. The Morgan fingerprint density at radius 1 is 1.20 bits per heavy atom. The summed E-state index contributed by atoms with van der Waals surface area (Å²) in [5.74, 6) is 0.545. The summed E-state index contributed by atoms with van der Waals surface area (Å²) in [7, 11) is 0. The number of thiazole rings is 1. The smallest absolute Gasteiger partial charge is 0.435 e. The second-order valence-corrected chi connectivity index (χ2v) is 7.85. The Morgan fingerprint density at radius 2 is 2.00 bits per heavy atom. The maximum Gasteiger partial charge on any atom is 0.508 e. The van der Waals surface area contributed by atoms with Crippen molar-refractivity contribution in [1.82, 2.24) is 4.98 Å². The first-order valence-corrected chi connectivity index (χ1v) is 10.1. The number of carbonyl (C=O) groups excluding carboxylic acids is 2. The molecule has 0 spiro atoms. The molecule has 6 nitrogen and oxygen atoms in total. The largest absolute Gasteiger partial charge is 0.508 e. The van der Waals surface area contributed by atoms with Gasteiger partial charge < -0.3 is 14.8 Å². The zero-order valence-electron chi connectivity index (χ0n) is 14.7. The Morgan fingerprint density at radius 3 is 2.76 bits per heavy atom. The first-order valence-electron chi connectivity index (χ1n) is 9.28. The monoisotopic (exact) mass is 366 g/mol. The van der Waals surface area contributed by atoms with Gasteiger partial charge in [-0.05, 0) is 44.9 Å². The topological polar surface area (TPSA) is 77.5 Å². The number of amides is 1. The van der Waals surface area contributed by atoms with E-state index in [1.165, 1.54) is 30.6 Å². The number of rotatable bonds is 5. The molecule has 0 aromatic carbocycles. The predicted molar refractivity (Wildman–Crippen MR) is 95.7 cm³/mol. The Balaban J connectivity index is 1.59. The van der Waals surface area contributed by atoms with Crippen molar-refractivity contribution in [3.63, 3.8) is 0 Å². The molecular weight excluding hydrogens is 340 g/mol. The fourth-order valence-electron chi connectivity index (χ4n) is 3.64. The van der Waals surface area contributed by atoms with E-state index in [0.29, 0.717) is 17.5 Å². The zero-order valence-corrected chi connectivity index (χ0v) is 15.5. The zero-order chi connectivity index (χ0) is 17.6. The first kappa shape index (κ1) is 18.2. The molecule has 0 radical (unpaired) electrons. The van der Waals surface area contributed by atoms with E-state index in [1.807, 2.05) is 0 Å². The van der Waals surface area contributed by atoms with Gasteiger partial charge in [0, 0.05) is 11.3 Å². The molecule has 0 aliphatic heterocycles. The van der Waals surface area contributed by atoms with Gasteiger partial charge in [0.1, 0.15) is 6.10 Å². The third-order valence-corrected chi connectivity index (χ3v) is 5.89. The highest BCUT2D eigenvalue weighted by molar-refractivity contribution is 7.15. The van der Waals surface area contributed by atoms with Crippen molar-refractivity contribution in [3.05, 3.63) is 10.6 Å². The highest BCUT2D eigenvalue weighted by Crippen LogP contribution is 2.37. The summed E-state index contributed by atoms with van der Waals surface area (Å²) >= 11 is 1.49. The number of hydrogen-bond acceptors (Lipinski definition) is 6. The number of aryl methyl sites for hydroxylation is 1. The molecule has 25 heavy (non-hydrogen) atoms. The first-order chi connectivity index (χ1) is 12.2. The average Bonchev–Trinajstić information content (AvgIpc) is 2.99. The normalized spacial score (nSPS) is 20.6. The Bertz CT molecular complexity index is 610. The highest BCUT2D eigenvalue weighted by atomic mass is 32.1. The van der Waals surface area contributed by atoms with Crippen molar-refractivity contribution in [2.45, 2.75) is 70.8 Å². The maximum absolute atomic E-state index is 12.3. The molecule has 138 valence electrons. The summed E-state index contributed by atoms with van der Waals surface area (Å²) in [4.78, 5) is 29.5. The van der Waals surface area contributed by atoms with Crippen molar-refractivity contribution in [3.8, 4) is 0 Å². The van der Waals surface area contributed by atoms with Gasteiger partial charge in [-0.3, -0.25) is 4.79 Å². The summed E-state index contributed by atoms with van der Waals surface area (Å²) in [5, 5.41) is 3.56. The van der Waals surface area contributed by atoms with Crippen LogP contribution in [0.2, 0.25) is 0 Å². The summed E-state index contributed by atoms with van der Waals surface area (Å²) in [6.07, 6.45) is 8.20.